The molecule has 0 aliphatic heterocycles. The zero-order valence-electron chi connectivity index (χ0n) is 11.5. The van der Waals surface area contributed by atoms with Crippen LogP contribution in [0.3, 0.4) is 0 Å². The molecular weight excluding hydrogens is 230 g/mol. The molecule has 0 aliphatic carbocycles. The van der Waals surface area contributed by atoms with Gasteiger partial charge in [0.25, 0.3) is 0 Å². The first-order valence-corrected chi connectivity index (χ1v) is 5.99. The number of aromatic nitrogens is 2. The maximum atomic E-state index is 11.8. The highest BCUT2D eigenvalue weighted by Crippen LogP contribution is 2.17. The van der Waals surface area contributed by atoms with E-state index in [-0.39, 0.29) is 18.0 Å². The summed E-state index contributed by atoms with van der Waals surface area (Å²) in [5.41, 5.74) is 6.52. The molecule has 1 heterocycles. The van der Waals surface area contributed by atoms with Gasteiger partial charge in [-0.1, -0.05) is 0 Å². The number of nitrogen functional groups attached to an aromatic ring is 1. The van der Waals surface area contributed by atoms with Crippen LogP contribution in [-0.2, 0) is 4.79 Å². The molecule has 1 rings (SSSR count). The Bertz CT molecular complexity index is 444. The summed E-state index contributed by atoms with van der Waals surface area (Å²) in [4.78, 5) is 20.1. The molecule has 1 amide bonds. The average molecular weight is 251 g/mol. The van der Waals surface area contributed by atoms with Gasteiger partial charge in [-0.2, -0.15) is 0 Å². The second-order valence-corrected chi connectivity index (χ2v) is 4.66. The van der Waals surface area contributed by atoms with Gasteiger partial charge in [-0.05, 0) is 34.6 Å². The molecule has 6 heteroatoms. The SMILES string of the molecule is Cc1nc(N)c(C)c(NC(C)C(=O)NC(C)C)n1. The van der Waals surface area contributed by atoms with Gasteiger partial charge in [-0.15, -0.1) is 0 Å². The fraction of sp³-hybridized carbons (Fsp3) is 0.583. The predicted octanol–water partition coefficient (Wildman–Crippen LogP) is 1.00. The molecule has 4 N–H and O–H groups in total. The summed E-state index contributed by atoms with van der Waals surface area (Å²) in [6.45, 7) is 9.21. The molecule has 1 aromatic rings. The van der Waals surface area contributed by atoms with Gasteiger partial charge in [0, 0.05) is 11.6 Å². The normalized spacial score (nSPS) is 12.3. The zero-order valence-corrected chi connectivity index (χ0v) is 11.5. The largest absolute Gasteiger partial charge is 0.383 e. The van der Waals surface area contributed by atoms with Crippen LogP contribution in [-0.4, -0.2) is 28.0 Å². The molecule has 1 aromatic heterocycles. The standard InChI is InChI=1S/C12H21N5O/c1-6(2)14-12(18)8(4)15-11-7(3)10(13)16-9(5)17-11/h6,8H,1-5H3,(H,14,18)(H3,13,15,16,17). The molecule has 100 valence electrons. The number of carbonyl (C=O) groups excluding carboxylic acids is 1. The summed E-state index contributed by atoms with van der Waals surface area (Å²) < 4.78 is 0. The van der Waals surface area contributed by atoms with Crippen molar-refractivity contribution in [1.29, 1.82) is 0 Å². The van der Waals surface area contributed by atoms with Gasteiger partial charge in [0.2, 0.25) is 5.91 Å². The zero-order chi connectivity index (χ0) is 13.9. The molecule has 0 spiro atoms. The quantitative estimate of drug-likeness (QED) is 0.742. The van der Waals surface area contributed by atoms with E-state index in [9.17, 15) is 4.79 Å². The highest BCUT2D eigenvalue weighted by molar-refractivity contribution is 5.84. The predicted molar refractivity (Wildman–Crippen MR) is 72.3 cm³/mol. The molecule has 6 nitrogen and oxygen atoms in total. The van der Waals surface area contributed by atoms with Crippen LogP contribution in [0.15, 0.2) is 0 Å². The summed E-state index contributed by atoms with van der Waals surface area (Å²) in [7, 11) is 0. The van der Waals surface area contributed by atoms with Crippen molar-refractivity contribution in [3.05, 3.63) is 11.4 Å². The minimum absolute atomic E-state index is 0.0702. The number of nitrogens with zero attached hydrogens (tertiary/aromatic N) is 2. The van der Waals surface area contributed by atoms with Gasteiger partial charge in [0.05, 0.1) is 0 Å². The Kier molecular flexibility index (Phi) is 4.47. The van der Waals surface area contributed by atoms with Crippen LogP contribution in [0, 0.1) is 13.8 Å². The minimum Gasteiger partial charge on any atom is -0.383 e. The monoisotopic (exact) mass is 251 g/mol. The number of nitrogens with two attached hydrogens (primary N) is 1. The van der Waals surface area contributed by atoms with Crippen LogP contribution >= 0.6 is 0 Å². The molecule has 0 aromatic carbocycles. The fourth-order valence-corrected chi connectivity index (χ4v) is 1.47. The third kappa shape index (κ3) is 3.58. The molecule has 1 atom stereocenters. The smallest absolute Gasteiger partial charge is 0.242 e. The third-order valence-electron chi connectivity index (χ3n) is 2.47. The van der Waals surface area contributed by atoms with Crippen molar-refractivity contribution >= 4 is 17.5 Å². The topological polar surface area (TPSA) is 92.9 Å². The Morgan fingerprint density at radius 1 is 1.22 bits per heavy atom. The van der Waals surface area contributed by atoms with Gasteiger partial charge >= 0.3 is 0 Å². The number of nitrogens with one attached hydrogen (secondary N) is 2. The molecule has 18 heavy (non-hydrogen) atoms. The van der Waals surface area contributed by atoms with E-state index in [0.29, 0.717) is 17.5 Å². The number of carbonyl (C=O) groups is 1. The van der Waals surface area contributed by atoms with Gasteiger partial charge in [0.1, 0.15) is 23.5 Å². The molecule has 0 saturated heterocycles. The van der Waals surface area contributed by atoms with Crippen LogP contribution in [0.25, 0.3) is 0 Å². The Hall–Kier alpha value is -1.85. The van der Waals surface area contributed by atoms with Gasteiger partial charge in [0.15, 0.2) is 0 Å². The lowest BCUT2D eigenvalue weighted by molar-refractivity contribution is -0.122. The lowest BCUT2D eigenvalue weighted by Gasteiger charge is -2.18. The van der Waals surface area contributed by atoms with Crippen molar-refractivity contribution in [2.24, 2.45) is 0 Å². The van der Waals surface area contributed by atoms with Crippen LogP contribution in [0.4, 0.5) is 11.6 Å². The van der Waals surface area contributed by atoms with E-state index in [0.717, 1.165) is 5.56 Å². The highest BCUT2D eigenvalue weighted by Gasteiger charge is 2.16. The van der Waals surface area contributed by atoms with E-state index < -0.39 is 0 Å². The number of hydrogen-bond donors (Lipinski definition) is 3. The van der Waals surface area contributed by atoms with Gasteiger partial charge in [-0.3, -0.25) is 4.79 Å². The molecule has 0 bridgehead atoms. The Labute approximate surface area is 107 Å². The summed E-state index contributed by atoms with van der Waals surface area (Å²) in [6, 6.07) is -0.264. The molecule has 0 saturated carbocycles. The Morgan fingerprint density at radius 3 is 2.39 bits per heavy atom. The van der Waals surface area contributed by atoms with E-state index in [1.165, 1.54) is 0 Å². The molecular formula is C12H21N5O. The van der Waals surface area contributed by atoms with Crippen molar-refractivity contribution in [3.8, 4) is 0 Å². The lowest BCUT2D eigenvalue weighted by atomic mass is 10.2. The third-order valence-corrected chi connectivity index (χ3v) is 2.47. The minimum atomic E-state index is -0.375. The van der Waals surface area contributed by atoms with Crippen molar-refractivity contribution in [2.45, 2.75) is 46.7 Å². The highest BCUT2D eigenvalue weighted by atomic mass is 16.2. The summed E-state index contributed by atoms with van der Waals surface area (Å²) in [5, 5.41) is 5.89. The van der Waals surface area contributed by atoms with Gasteiger partial charge < -0.3 is 16.4 Å². The van der Waals surface area contributed by atoms with Crippen LogP contribution in [0.5, 0.6) is 0 Å². The molecule has 1 unspecified atom stereocenters. The maximum Gasteiger partial charge on any atom is 0.242 e. The van der Waals surface area contributed by atoms with Crippen molar-refractivity contribution in [3.63, 3.8) is 0 Å². The molecule has 0 aliphatic rings. The number of amides is 1. The van der Waals surface area contributed by atoms with Crippen molar-refractivity contribution in [1.82, 2.24) is 15.3 Å². The summed E-state index contributed by atoms with van der Waals surface area (Å²) in [6.07, 6.45) is 0. The van der Waals surface area contributed by atoms with Crippen LogP contribution in [0.2, 0.25) is 0 Å². The Balaban J connectivity index is 2.81. The van der Waals surface area contributed by atoms with E-state index in [1.807, 2.05) is 20.8 Å². The first-order chi connectivity index (χ1) is 8.31. The van der Waals surface area contributed by atoms with E-state index in [2.05, 4.69) is 20.6 Å². The van der Waals surface area contributed by atoms with Crippen LogP contribution in [0.1, 0.15) is 32.2 Å². The number of hydrogen-bond acceptors (Lipinski definition) is 5. The van der Waals surface area contributed by atoms with E-state index in [1.54, 1.807) is 13.8 Å². The first kappa shape index (κ1) is 14.2. The number of rotatable bonds is 4. The lowest BCUT2D eigenvalue weighted by Crippen LogP contribution is -2.41. The maximum absolute atomic E-state index is 11.8. The summed E-state index contributed by atoms with van der Waals surface area (Å²) in [5.74, 6) is 1.55. The fourth-order valence-electron chi connectivity index (χ4n) is 1.47. The molecule has 0 fully saturated rings. The molecule has 0 radical (unpaired) electrons. The summed E-state index contributed by atoms with van der Waals surface area (Å²) >= 11 is 0. The number of aryl methyl sites for hydroxylation is 1. The average Bonchev–Trinajstić information content (AvgIpc) is 2.24. The van der Waals surface area contributed by atoms with Crippen molar-refractivity contribution < 1.29 is 4.79 Å². The second kappa shape index (κ2) is 5.66. The van der Waals surface area contributed by atoms with Gasteiger partial charge in [-0.25, -0.2) is 9.97 Å². The first-order valence-electron chi connectivity index (χ1n) is 5.99. The number of anilines is 2. The Morgan fingerprint density at radius 2 is 1.83 bits per heavy atom. The second-order valence-electron chi connectivity index (χ2n) is 4.66. The van der Waals surface area contributed by atoms with E-state index in [4.69, 9.17) is 5.73 Å². The van der Waals surface area contributed by atoms with Crippen molar-refractivity contribution in [2.75, 3.05) is 11.1 Å². The van der Waals surface area contributed by atoms with Crippen LogP contribution < -0.4 is 16.4 Å². The van der Waals surface area contributed by atoms with E-state index >= 15 is 0 Å².